The summed E-state index contributed by atoms with van der Waals surface area (Å²) in [6.45, 7) is 7.97. The third kappa shape index (κ3) is 6.24. The average Bonchev–Trinajstić information content (AvgIpc) is 2.70. The molecule has 2 N–H and O–H groups in total. The van der Waals surface area contributed by atoms with Gasteiger partial charge in [0.15, 0.2) is 18.1 Å². The van der Waals surface area contributed by atoms with E-state index in [4.69, 9.17) is 9.47 Å². The van der Waals surface area contributed by atoms with Crippen LogP contribution in [0.15, 0.2) is 36.4 Å². The molecule has 0 unspecified atom stereocenters. The second-order valence-electron chi connectivity index (χ2n) is 7.84. The molecular formula is C24H31NO5. The highest BCUT2D eigenvalue weighted by Crippen LogP contribution is 2.32. The van der Waals surface area contributed by atoms with Gasteiger partial charge in [-0.1, -0.05) is 52.0 Å². The van der Waals surface area contributed by atoms with E-state index in [0.717, 1.165) is 22.4 Å². The van der Waals surface area contributed by atoms with Crippen LogP contribution in [0.3, 0.4) is 0 Å². The molecule has 0 spiro atoms. The minimum atomic E-state index is -0.471. The molecule has 0 bridgehead atoms. The maximum atomic E-state index is 12.4. The number of anilines is 1. The van der Waals surface area contributed by atoms with Crippen molar-refractivity contribution in [3.63, 3.8) is 0 Å². The Morgan fingerprint density at radius 3 is 2.20 bits per heavy atom. The van der Waals surface area contributed by atoms with E-state index in [9.17, 15) is 14.7 Å². The highest BCUT2D eigenvalue weighted by atomic mass is 16.5. The van der Waals surface area contributed by atoms with E-state index in [-0.39, 0.29) is 36.5 Å². The van der Waals surface area contributed by atoms with E-state index >= 15 is 0 Å². The molecule has 0 aliphatic carbocycles. The highest BCUT2D eigenvalue weighted by molar-refractivity contribution is 5.94. The van der Waals surface area contributed by atoms with Crippen LogP contribution in [0.1, 0.15) is 62.6 Å². The van der Waals surface area contributed by atoms with Gasteiger partial charge < -0.3 is 19.9 Å². The summed E-state index contributed by atoms with van der Waals surface area (Å²) < 4.78 is 10.1. The molecule has 2 aromatic rings. The monoisotopic (exact) mass is 413 g/mol. The SMILES string of the molecule is COc1ccc(CCC(=O)OCC(=O)Nc2c(C(C)C)cccc2C(C)C)cc1O. The van der Waals surface area contributed by atoms with Crippen molar-refractivity contribution in [2.75, 3.05) is 19.0 Å². The van der Waals surface area contributed by atoms with Gasteiger partial charge in [-0.25, -0.2) is 0 Å². The van der Waals surface area contributed by atoms with Crippen molar-refractivity contribution in [2.24, 2.45) is 0 Å². The Labute approximate surface area is 178 Å². The summed E-state index contributed by atoms with van der Waals surface area (Å²) in [6, 6.07) is 11.0. The van der Waals surface area contributed by atoms with Crippen molar-refractivity contribution in [1.29, 1.82) is 0 Å². The van der Waals surface area contributed by atoms with Crippen molar-refractivity contribution in [3.05, 3.63) is 53.1 Å². The number of aromatic hydroxyl groups is 1. The summed E-state index contributed by atoms with van der Waals surface area (Å²) in [5, 5.41) is 12.7. The Morgan fingerprint density at radius 1 is 1.03 bits per heavy atom. The molecule has 0 aromatic heterocycles. The Kier molecular flexibility index (Phi) is 8.27. The third-order valence-corrected chi connectivity index (χ3v) is 4.86. The average molecular weight is 414 g/mol. The summed E-state index contributed by atoms with van der Waals surface area (Å²) in [6.07, 6.45) is 0.505. The van der Waals surface area contributed by atoms with E-state index in [2.05, 4.69) is 33.0 Å². The van der Waals surface area contributed by atoms with E-state index in [1.165, 1.54) is 7.11 Å². The molecule has 0 saturated carbocycles. The lowest BCUT2D eigenvalue weighted by Gasteiger charge is -2.20. The normalized spacial score (nSPS) is 10.9. The van der Waals surface area contributed by atoms with Crippen LogP contribution in [0.25, 0.3) is 0 Å². The Hall–Kier alpha value is -3.02. The van der Waals surface area contributed by atoms with Crippen LogP contribution in [-0.4, -0.2) is 30.7 Å². The van der Waals surface area contributed by atoms with Gasteiger partial charge in [0.05, 0.1) is 7.11 Å². The standard InChI is InChI=1S/C24H31NO5/c1-15(2)18-7-6-8-19(16(3)4)24(18)25-22(27)14-30-23(28)12-10-17-9-11-21(29-5)20(26)13-17/h6-9,11,13,15-16,26H,10,12,14H2,1-5H3,(H,25,27). The molecule has 1 amide bonds. The topological polar surface area (TPSA) is 84.9 Å². The number of hydrogen-bond donors (Lipinski definition) is 2. The van der Waals surface area contributed by atoms with Gasteiger partial charge in [-0.2, -0.15) is 0 Å². The van der Waals surface area contributed by atoms with E-state index in [1.54, 1.807) is 18.2 Å². The molecular weight excluding hydrogens is 382 g/mol. The number of benzene rings is 2. The molecule has 0 aliphatic rings. The first-order valence-corrected chi connectivity index (χ1v) is 10.2. The Balaban J connectivity index is 1.92. The molecule has 0 heterocycles. The van der Waals surface area contributed by atoms with Crippen molar-refractivity contribution >= 4 is 17.6 Å². The third-order valence-electron chi connectivity index (χ3n) is 4.86. The van der Waals surface area contributed by atoms with Crippen molar-refractivity contribution in [3.8, 4) is 11.5 Å². The van der Waals surface area contributed by atoms with Crippen LogP contribution in [0, 0.1) is 0 Å². The lowest BCUT2D eigenvalue weighted by atomic mass is 9.92. The summed E-state index contributed by atoms with van der Waals surface area (Å²) in [5.41, 5.74) is 3.69. The number of carbonyl (C=O) groups excluding carboxylic acids is 2. The van der Waals surface area contributed by atoms with Gasteiger partial charge in [0.25, 0.3) is 5.91 Å². The summed E-state index contributed by atoms with van der Waals surface area (Å²) >= 11 is 0. The number of amides is 1. The predicted molar refractivity (Wildman–Crippen MR) is 117 cm³/mol. The van der Waals surface area contributed by atoms with E-state index < -0.39 is 5.97 Å². The number of phenols is 1. The molecule has 162 valence electrons. The fourth-order valence-electron chi connectivity index (χ4n) is 3.23. The second-order valence-corrected chi connectivity index (χ2v) is 7.84. The Morgan fingerprint density at radius 2 is 1.67 bits per heavy atom. The minimum absolute atomic E-state index is 0.0209. The summed E-state index contributed by atoms with van der Waals surface area (Å²) in [5.74, 6) is 0.0695. The number of para-hydroxylation sites is 1. The number of nitrogens with one attached hydrogen (secondary N) is 1. The first kappa shape index (κ1) is 23.3. The number of esters is 1. The van der Waals surface area contributed by atoms with Crippen molar-refractivity contribution < 1.29 is 24.2 Å². The maximum Gasteiger partial charge on any atom is 0.306 e. The van der Waals surface area contributed by atoms with Gasteiger partial charge in [-0.15, -0.1) is 0 Å². The van der Waals surface area contributed by atoms with Crippen LogP contribution in [0.2, 0.25) is 0 Å². The van der Waals surface area contributed by atoms with Gasteiger partial charge in [0.2, 0.25) is 0 Å². The number of methoxy groups -OCH3 is 1. The number of aryl methyl sites for hydroxylation is 1. The summed E-state index contributed by atoms with van der Waals surface area (Å²) in [7, 11) is 1.47. The fraction of sp³-hybridized carbons (Fsp3) is 0.417. The van der Waals surface area contributed by atoms with E-state index in [1.807, 2.05) is 18.2 Å². The number of rotatable bonds is 9. The highest BCUT2D eigenvalue weighted by Gasteiger charge is 2.17. The molecule has 0 aliphatic heterocycles. The number of carbonyl (C=O) groups is 2. The number of ether oxygens (including phenoxy) is 2. The molecule has 6 nitrogen and oxygen atoms in total. The first-order chi connectivity index (χ1) is 14.2. The minimum Gasteiger partial charge on any atom is -0.504 e. The predicted octanol–water partition coefficient (Wildman–Crippen LogP) is 4.76. The molecule has 0 fully saturated rings. The molecule has 2 rings (SSSR count). The molecule has 0 atom stereocenters. The van der Waals surface area contributed by atoms with Crippen LogP contribution < -0.4 is 10.1 Å². The maximum absolute atomic E-state index is 12.4. The van der Waals surface area contributed by atoms with Crippen LogP contribution in [0.5, 0.6) is 11.5 Å². The Bertz CT molecular complexity index is 863. The lowest BCUT2D eigenvalue weighted by molar-refractivity contribution is -0.147. The van der Waals surface area contributed by atoms with Gasteiger partial charge in [0, 0.05) is 12.1 Å². The van der Waals surface area contributed by atoms with E-state index in [0.29, 0.717) is 12.2 Å². The molecule has 0 saturated heterocycles. The summed E-state index contributed by atoms with van der Waals surface area (Å²) in [4.78, 5) is 24.5. The molecule has 2 aromatic carbocycles. The fourth-order valence-corrected chi connectivity index (χ4v) is 3.23. The number of hydrogen-bond acceptors (Lipinski definition) is 5. The number of phenolic OH excluding ortho intramolecular Hbond substituents is 1. The van der Waals surface area contributed by atoms with Gasteiger partial charge >= 0.3 is 5.97 Å². The quantitative estimate of drug-likeness (QED) is 0.579. The first-order valence-electron chi connectivity index (χ1n) is 10.2. The zero-order valence-corrected chi connectivity index (χ0v) is 18.3. The van der Waals surface area contributed by atoms with Gasteiger partial charge in [-0.3, -0.25) is 9.59 Å². The smallest absolute Gasteiger partial charge is 0.306 e. The van der Waals surface area contributed by atoms with Crippen molar-refractivity contribution in [1.82, 2.24) is 0 Å². The zero-order chi connectivity index (χ0) is 22.3. The molecule has 6 heteroatoms. The lowest BCUT2D eigenvalue weighted by Crippen LogP contribution is -2.22. The van der Waals surface area contributed by atoms with Gasteiger partial charge in [0.1, 0.15) is 0 Å². The molecule has 0 radical (unpaired) electrons. The largest absolute Gasteiger partial charge is 0.504 e. The van der Waals surface area contributed by atoms with Crippen LogP contribution in [-0.2, 0) is 20.7 Å². The van der Waals surface area contributed by atoms with Crippen LogP contribution in [0.4, 0.5) is 5.69 Å². The zero-order valence-electron chi connectivity index (χ0n) is 18.3. The van der Waals surface area contributed by atoms with Gasteiger partial charge in [-0.05, 0) is 47.1 Å². The molecule has 30 heavy (non-hydrogen) atoms. The van der Waals surface area contributed by atoms with Crippen LogP contribution >= 0.6 is 0 Å². The van der Waals surface area contributed by atoms with Crippen molar-refractivity contribution in [2.45, 2.75) is 52.4 Å². The second kappa shape index (κ2) is 10.7.